The second kappa shape index (κ2) is 12.0. The third-order valence-electron chi connectivity index (χ3n) is 1.31. The van der Waals surface area contributed by atoms with Crippen molar-refractivity contribution < 1.29 is 4.74 Å². The molecule has 0 saturated carbocycles. The molecule has 0 spiro atoms. The fourth-order valence-corrected chi connectivity index (χ4v) is 0.954. The minimum absolute atomic E-state index is 0.655. The molecule has 0 aliphatic heterocycles. The molecule has 0 unspecified atom stereocenters. The summed E-state index contributed by atoms with van der Waals surface area (Å²) >= 11 is 11.0. The first kappa shape index (κ1) is 13.0. The molecule has 0 atom stereocenters. The summed E-state index contributed by atoms with van der Waals surface area (Å²) in [7, 11) is 0. The van der Waals surface area contributed by atoms with Gasteiger partial charge >= 0.3 is 0 Å². The maximum atomic E-state index is 5.48. The zero-order valence-electron chi connectivity index (χ0n) is 7.72. The van der Waals surface area contributed by atoms with Crippen LogP contribution in [0, 0.1) is 0 Å². The standard InChI is InChI=1S/C10H16Cl2O/c11-7-3-1-5-9-13-10-6-2-4-8-12/h1-2,5-6H,3-4,7-10H2. The van der Waals surface area contributed by atoms with Gasteiger partial charge < -0.3 is 4.74 Å². The van der Waals surface area contributed by atoms with Gasteiger partial charge in [-0.2, -0.15) is 0 Å². The van der Waals surface area contributed by atoms with Crippen molar-refractivity contribution in [3.63, 3.8) is 0 Å². The van der Waals surface area contributed by atoms with Gasteiger partial charge in [-0.25, -0.2) is 0 Å². The number of halogens is 2. The highest BCUT2D eigenvalue weighted by atomic mass is 35.5. The Labute approximate surface area is 90.4 Å². The summed E-state index contributed by atoms with van der Waals surface area (Å²) in [4.78, 5) is 0. The molecule has 0 aromatic rings. The highest BCUT2D eigenvalue weighted by molar-refractivity contribution is 6.18. The van der Waals surface area contributed by atoms with Gasteiger partial charge in [-0.05, 0) is 12.8 Å². The Balaban J connectivity index is 3.07. The van der Waals surface area contributed by atoms with E-state index in [-0.39, 0.29) is 0 Å². The molecule has 0 saturated heterocycles. The molecule has 0 aromatic heterocycles. The molecule has 3 heteroatoms. The van der Waals surface area contributed by atoms with Crippen molar-refractivity contribution in [3.05, 3.63) is 24.3 Å². The van der Waals surface area contributed by atoms with E-state index in [2.05, 4.69) is 0 Å². The van der Waals surface area contributed by atoms with E-state index in [0.717, 1.165) is 12.8 Å². The molecule has 0 heterocycles. The van der Waals surface area contributed by atoms with E-state index < -0.39 is 0 Å². The molecule has 0 radical (unpaired) electrons. The van der Waals surface area contributed by atoms with E-state index in [4.69, 9.17) is 27.9 Å². The minimum atomic E-state index is 0.655. The van der Waals surface area contributed by atoms with Crippen LogP contribution in [0.4, 0.5) is 0 Å². The SMILES string of the molecule is ClCCC=CCOCC=CCCCl. The molecule has 0 aromatic carbocycles. The van der Waals surface area contributed by atoms with Crippen LogP contribution in [0.5, 0.6) is 0 Å². The fourth-order valence-electron chi connectivity index (χ4n) is 0.702. The third-order valence-corrected chi connectivity index (χ3v) is 1.75. The Hall–Kier alpha value is 0.0200. The van der Waals surface area contributed by atoms with Crippen LogP contribution in [-0.4, -0.2) is 25.0 Å². The quantitative estimate of drug-likeness (QED) is 0.348. The largest absolute Gasteiger partial charge is 0.373 e. The molecule has 0 rings (SSSR count). The zero-order chi connectivity index (χ0) is 9.78. The lowest BCUT2D eigenvalue weighted by atomic mass is 10.4. The van der Waals surface area contributed by atoms with Crippen LogP contribution in [0.3, 0.4) is 0 Å². The van der Waals surface area contributed by atoms with Crippen molar-refractivity contribution in [3.8, 4) is 0 Å². The molecule has 0 aliphatic rings. The van der Waals surface area contributed by atoms with Crippen molar-refractivity contribution in [2.24, 2.45) is 0 Å². The van der Waals surface area contributed by atoms with Gasteiger partial charge in [0.2, 0.25) is 0 Å². The summed E-state index contributed by atoms with van der Waals surface area (Å²) in [6.07, 6.45) is 9.83. The van der Waals surface area contributed by atoms with E-state index in [1.54, 1.807) is 0 Å². The predicted octanol–water partition coefficient (Wildman–Crippen LogP) is 3.37. The van der Waals surface area contributed by atoms with Gasteiger partial charge in [-0.3, -0.25) is 0 Å². The first-order chi connectivity index (χ1) is 6.41. The van der Waals surface area contributed by atoms with Crippen LogP contribution < -0.4 is 0 Å². The van der Waals surface area contributed by atoms with Crippen molar-refractivity contribution in [1.82, 2.24) is 0 Å². The summed E-state index contributed by atoms with van der Waals surface area (Å²) in [6.45, 7) is 1.31. The normalized spacial score (nSPS) is 11.8. The summed E-state index contributed by atoms with van der Waals surface area (Å²) in [5, 5.41) is 0. The highest BCUT2D eigenvalue weighted by Crippen LogP contribution is 1.89. The van der Waals surface area contributed by atoms with Crippen LogP contribution in [0.15, 0.2) is 24.3 Å². The van der Waals surface area contributed by atoms with Crippen molar-refractivity contribution in [1.29, 1.82) is 0 Å². The van der Waals surface area contributed by atoms with E-state index in [1.807, 2.05) is 24.3 Å². The first-order valence-electron chi connectivity index (χ1n) is 4.41. The van der Waals surface area contributed by atoms with Gasteiger partial charge in [0.1, 0.15) is 0 Å². The van der Waals surface area contributed by atoms with Crippen LogP contribution in [-0.2, 0) is 4.74 Å². The van der Waals surface area contributed by atoms with Gasteiger partial charge in [-0.1, -0.05) is 24.3 Å². The smallest absolute Gasteiger partial charge is 0.0651 e. The highest BCUT2D eigenvalue weighted by Gasteiger charge is 1.79. The monoisotopic (exact) mass is 222 g/mol. The molecule has 1 nitrogen and oxygen atoms in total. The fraction of sp³-hybridized carbons (Fsp3) is 0.600. The Kier molecular flexibility index (Phi) is 12.0. The molecule has 0 N–H and O–H groups in total. The topological polar surface area (TPSA) is 9.23 Å². The van der Waals surface area contributed by atoms with Crippen molar-refractivity contribution in [2.45, 2.75) is 12.8 Å². The van der Waals surface area contributed by atoms with E-state index >= 15 is 0 Å². The Morgan fingerprint density at radius 2 is 1.23 bits per heavy atom. The Morgan fingerprint density at radius 1 is 0.769 bits per heavy atom. The average Bonchev–Trinajstić information content (AvgIpc) is 2.16. The second-order valence-electron chi connectivity index (χ2n) is 2.44. The summed E-state index contributed by atoms with van der Waals surface area (Å²) in [5.74, 6) is 1.35. The van der Waals surface area contributed by atoms with Crippen molar-refractivity contribution >= 4 is 23.2 Å². The maximum absolute atomic E-state index is 5.48. The number of hydrogen-bond donors (Lipinski definition) is 0. The van der Waals surface area contributed by atoms with Gasteiger partial charge in [-0.15, -0.1) is 23.2 Å². The molecule has 0 fully saturated rings. The van der Waals surface area contributed by atoms with Gasteiger partial charge in [0.15, 0.2) is 0 Å². The number of ether oxygens (including phenoxy) is 1. The molecule has 0 bridgehead atoms. The second-order valence-corrected chi connectivity index (χ2v) is 3.19. The van der Waals surface area contributed by atoms with Gasteiger partial charge in [0.05, 0.1) is 13.2 Å². The van der Waals surface area contributed by atoms with Crippen LogP contribution >= 0.6 is 23.2 Å². The first-order valence-corrected chi connectivity index (χ1v) is 5.48. The van der Waals surface area contributed by atoms with Gasteiger partial charge in [0.25, 0.3) is 0 Å². The Bertz CT molecular complexity index is 128. The molecule has 76 valence electrons. The summed E-state index contributed by atoms with van der Waals surface area (Å²) in [5.41, 5.74) is 0. The van der Waals surface area contributed by atoms with E-state index in [9.17, 15) is 0 Å². The van der Waals surface area contributed by atoms with E-state index in [0.29, 0.717) is 25.0 Å². The zero-order valence-corrected chi connectivity index (χ0v) is 9.23. The summed E-state index contributed by atoms with van der Waals surface area (Å²) < 4.78 is 5.27. The van der Waals surface area contributed by atoms with Crippen LogP contribution in [0.2, 0.25) is 0 Å². The number of allylic oxidation sites excluding steroid dienone is 2. The third kappa shape index (κ3) is 12.0. The molecule has 0 aliphatic carbocycles. The number of hydrogen-bond acceptors (Lipinski definition) is 1. The van der Waals surface area contributed by atoms with Gasteiger partial charge in [0, 0.05) is 11.8 Å². The minimum Gasteiger partial charge on any atom is -0.373 e. The summed E-state index contributed by atoms with van der Waals surface area (Å²) in [6, 6.07) is 0. The van der Waals surface area contributed by atoms with Crippen molar-refractivity contribution in [2.75, 3.05) is 25.0 Å². The number of rotatable bonds is 8. The maximum Gasteiger partial charge on any atom is 0.0651 e. The average molecular weight is 223 g/mol. The lowest BCUT2D eigenvalue weighted by Gasteiger charge is -1.94. The van der Waals surface area contributed by atoms with E-state index in [1.165, 1.54) is 0 Å². The van der Waals surface area contributed by atoms with Crippen LogP contribution in [0.25, 0.3) is 0 Å². The lowest BCUT2D eigenvalue weighted by Crippen LogP contribution is -1.90. The van der Waals surface area contributed by atoms with Crippen LogP contribution in [0.1, 0.15) is 12.8 Å². The Morgan fingerprint density at radius 3 is 1.62 bits per heavy atom. The molecule has 13 heavy (non-hydrogen) atoms. The lowest BCUT2D eigenvalue weighted by molar-refractivity contribution is 0.193. The molecular weight excluding hydrogens is 207 g/mol. The molecular formula is C10H16Cl2O. The molecule has 0 amide bonds. The predicted molar refractivity (Wildman–Crippen MR) is 59.8 cm³/mol. The number of alkyl halides is 2.